The van der Waals surface area contributed by atoms with Crippen molar-refractivity contribution in [1.29, 1.82) is 0 Å². The average molecular weight is 474 g/mol. The maximum absolute atomic E-state index is 12.2. The number of nitrogens with one attached hydrogen (secondary N) is 3. The predicted octanol–water partition coefficient (Wildman–Crippen LogP) is 4.37. The number of benzene rings is 3. The molecule has 0 radical (unpaired) electrons. The Hall–Kier alpha value is -3.13. The van der Waals surface area contributed by atoms with Gasteiger partial charge in [0.15, 0.2) is 11.7 Å². The summed E-state index contributed by atoms with van der Waals surface area (Å²) in [7, 11) is 0. The second-order valence-electron chi connectivity index (χ2n) is 6.27. The van der Waals surface area contributed by atoms with Crippen LogP contribution in [0.1, 0.15) is 10.4 Å². The highest BCUT2D eigenvalue weighted by molar-refractivity contribution is 7.80. The molecule has 31 heavy (non-hydrogen) atoms. The zero-order valence-electron chi connectivity index (χ0n) is 16.0. The van der Waals surface area contributed by atoms with Gasteiger partial charge in [0.05, 0.1) is 0 Å². The lowest BCUT2D eigenvalue weighted by Gasteiger charge is -2.13. The smallest absolute Gasteiger partial charge is 0.276 e. The molecule has 0 saturated heterocycles. The van der Waals surface area contributed by atoms with Crippen molar-refractivity contribution in [3.05, 3.63) is 88.4 Å². The van der Waals surface area contributed by atoms with Gasteiger partial charge in [-0.05, 0) is 42.0 Å². The zero-order chi connectivity index (χ0) is 22.2. The summed E-state index contributed by atoms with van der Waals surface area (Å²) in [6, 6.07) is 21.5. The lowest BCUT2D eigenvalue weighted by Crippen LogP contribution is -2.49. The standard InChI is InChI=1S/C22H17Cl2N3O3S/c23-16-10-15(11-17(24)12-16)21(29)25-22(31)27-26-20(28)13-30-19-9-5-4-8-18(19)14-6-2-1-3-7-14/h1-12H,13H2,(H,26,28)(H2,25,27,29,31). The van der Waals surface area contributed by atoms with Crippen LogP contribution in [0.25, 0.3) is 11.1 Å². The van der Waals surface area contributed by atoms with E-state index in [1.165, 1.54) is 18.2 Å². The molecule has 3 N–H and O–H groups in total. The van der Waals surface area contributed by atoms with Gasteiger partial charge in [0.1, 0.15) is 5.75 Å². The first kappa shape index (κ1) is 22.6. The van der Waals surface area contributed by atoms with Gasteiger partial charge < -0.3 is 4.74 Å². The van der Waals surface area contributed by atoms with Crippen LogP contribution in [0, 0.1) is 0 Å². The molecule has 3 rings (SSSR count). The van der Waals surface area contributed by atoms with Crippen LogP contribution in [-0.2, 0) is 4.79 Å². The average Bonchev–Trinajstić information content (AvgIpc) is 2.76. The van der Waals surface area contributed by atoms with Crippen LogP contribution in [-0.4, -0.2) is 23.5 Å². The summed E-state index contributed by atoms with van der Waals surface area (Å²) in [5.41, 5.74) is 6.89. The third-order valence-corrected chi connectivity index (χ3v) is 4.64. The van der Waals surface area contributed by atoms with Gasteiger partial charge in [-0.3, -0.25) is 25.8 Å². The highest BCUT2D eigenvalue weighted by Gasteiger charge is 2.11. The highest BCUT2D eigenvalue weighted by Crippen LogP contribution is 2.29. The number of halogens is 2. The molecule has 0 atom stereocenters. The van der Waals surface area contributed by atoms with Gasteiger partial charge in [-0.15, -0.1) is 0 Å². The molecular formula is C22H17Cl2N3O3S. The summed E-state index contributed by atoms with van der Waals surface area (Å²) >= 11 is 16.8. The minimum atomic E-state index is -0.524. The quantitative estimate of drug-likeness (QED) is 0.378. The first-order valence-electron chi connectivity index (χ1n) is 9.06. The van der Waals surface area contributed by atoms with E-state index < -0.39 is 11.8 Å². The molecule has 0 aromatic heterocycles. The molecule has 0 aliphatic heterocycles. The molecule has 3 aromatic carbocycles. The van der Waals surface area contributed by atoms with Crippen LogP contribution in [0.3, 0.4) is 0 Å². The van der Waals surface area contributed by atoms with Gasteiger partial charge in [0, 0.05) is 21.2 Å². The van der Waals surface area contributed by atoms with Crippen LogP contribution < -0.4 is 20.9 Å². The van der Waals surface area contributed by atoms with Gasteiger partial charge in [0.25, 0.3) is 11.8 Å². The molecule has 9 heteroatoms. The summed E-state index contributed by atoms with van der Waals surface area (Å²) in [6.45, 7) is -0.253. The summed E-state index contributed by atoms with van der Waals surface area (Å²) < 4.78 is 5.65. The van der Waals surface area contributed by atoms with Crippen molar-refractivity contribution in [3.63, 3.8) is 0 Å². The number of thiocarbonyl (C=S) groups is 1. The Labute approximate surface area is 194 Å². The molecule has 0 heterocycles. The summed E-state index contributed by atoms with van der Waals surface area (Å²) in [5.74, 6) is -0.438. The minimum Gasteiger partial charge on any atom is -0.483 e. The SMILES string of the molecule is O=C(COc1ccccc1-c1ccccc1)NNC(=S)NC(=O)c1cc(Cl)cc(Cl)c1. The largest absolute Gasteiger partial charge is 0.483 e. The monoisotopic (exact) mass is 473 g/mol. The highest BCUT2D eigenvalue weighted by atomic mass is 35.5. The van der Waals surface area contributed by atoms with Crippen molar-refractivity contribution in [2.45, 2.75) is 0 Å². The van der Waals surface area contributed by atoms with E-state index in [2.05, 4.69) is 16.2 Å². The first-order chi connectivity index (χ1) is 14.9. The van der Waals surface area contributed by atoms with E-state index in [0.29, 0.717) is 15.8 Å². The van der Waals surface area contributed by atoms with E-state index in [4.69, 9.17) is 40.2 Å². The maximum atomic E-state index is 12.2. The van der Waals surface area contributed by atoms with Gasteiger partial charge in [-0.2, -0.15) is 0 Å². The minimum absolute atomic E-state index is 0.0980. The van der Waals surface area contributed by atoms with Crippen LogP contribution >= 0.6 is 35.4 Å². The molecule has 2 amide bonds. The Morgan fingerprint density at radius 1 is 0.871 bits per heavy atom. The van der Waals surface area contributed by atoms with E-state index in [0.717, 1.165) is 11.1 Å². The molecule has 0 unspecified atom stereocenters. The van der Waals surface area contributed by atoms with Crippen molar-refractivity contribution in [2.75, 3.05) is 6.61 Å². The van der Waals surface area contributed by atoms with E-state index in [1.54, 1.807) is 6.07 Å². The topological polar surface area (TPSA) is 79.5 Å². The fraction of sp³-hybridized carbons (Fsp3) is 0.0455. The molecule has 3 aromatic rings. The normalized spacial score (nSPS) is 10.1. The van der Waals surface area contributed by atoms with E-state index >= 15 is 0 Å². The van der Waals surface area contributed by atoms with E-state index in [1.807, 2.05) is 48.5 Å². The van der Waals surface area contributed by atoms with Gasteiger partial charge in [-0.25, -0.2) is 0 Å². The molecule has 0 bridgehead atoms. The summed E-state index contributed by atoms with van der Waals surface area (Å²) in [6.07, 6.45) is 0. The van der Waals surface area contributed by atoms with E-state index in [-0.39, 0.29) is 17.3 Å². The molecule has 0 aliphatic rings. The second kappa shape index (κ2) is 10.8. The van der Waals surface area contributed by atoms with Crippen molar-refractivity contribution in [1.82, 2.24) is 16.2 Å². The van der Waals surface area contributed by atoms with Crippen LogP contribution in [0.4, 0.5) is 0 Å². The first-order valence-corrected chi connectivity index (χ1v) is 10.2. The van der Waals surface area contributed by atoms with Crippen molar-refractivity contribution < 1.29 is 14.3 Å². The van der Waals surface area contributed by atoms with Crippen molar-refractivity contribution in [2.24, 2.45) is 0 Å². The van der Waals surface area contributed by atoms with Crippen LogP contribution in [0.2, 0.25) is 10.0 Å². The number of hydrogen-bond acceptors (Lipinski definition) is 4. The van der Waals surface area contributed by atoms with Crippen LogP contribution in [0.15, 0.2) is 72.8 Å². The number of rotatable bonds is 5. The third-order valence-electron chi connectivity index (χ3n) is 4.00. The molecule has 158 valence electrons. The summed E-state index contributed by atoms with van der Waals surface area (Å²) in [4.78, 5) is 24.3. The number of carbonyl (C=O) groups excluding carboxylic acids is 2. The number of hydrogen-bond donors (Lipinski definition) is 3. The molecule has 0 fully saturated rings. The lowest BCUT2D eigenvalue weighted by molar-refractivity contribution is -0.123. The van der Waals surface area contributed by atoms with Crippen LogP contribution in [0.5, 0.6) is 5.75 Å². The van der Waals surface area contributed by atoms with Gasteiger partial charge in [0.2, 0.25) is 0 Å². The Morgan fingerprint density at radius 3 is 2.23 bits per heavy atom. The number of hydrazine groups is 1. The van der Waals surface area contributed by atoms with E-state index in [9.17, 15) is 9.59 Å². The summed E-state index contributed by atoms with van der Waals surface area (Å²) in [5, 5.41) is 2.96. The van der Waals surface area contributed by atoms with Crippen molar-refractivity contribution in [3.8, 4) is 16.9 Å². The molecule has 0 saturated carbocycles. The Bertz CT molecular complexity index is 1090. The number of amides is 2. The van der Waals surface area contributed by atoms with Gasteiger partial charge >= 0.3 is 0 Å². The second-order valence-corrected chi connectivity index (χ2v) is 7.55. The molecular weight excluding hydrogens is 457 g/mol. The molecule has 6 nitrogen and oxygen atoms in total. The number of ether oxygens (including phenoxy) is 1. The Morgan fingerprint density at radius 2 is 1.52 bits per heavy atom. The number of carbonyl (C=O) groups is 2. The lowest BCUT2D eigenvalue weighted by atomic mass is 10.1. The third kappa shape index (κ3) is 6.68. The van der Waals surface area contributed by atoms with Crippen molar-refractivity contribution >= 4 is 52.3 Å². The molecule has 0 spiro atoms. The Kier molecular flexibility index (Phi) is 7.83. The van der Waals surface area contributed by atoms with Gasteiger partial charge in [-0.1, -0.05) is 71.7 Å². The maximum Gasteiger partial charge on any atom is 0.276 e. The Balaban J connectivity index is 1.50. The fourth-order valence-corrected chi connectivity index (χ4v) is 3.32. The number of para-hydroxylation sites is 1. The molecule has 0 aliphatic carbocycles. The predicted molar refractivity (Wildman–Crippen MR) is 125 cm³/mol. The fourth-order valence-electron chi connectivity index (χ4n) is 2.65. The zero-order valence-corrected chi connectivity index (χ0v) is 18.4.